The van der Waals surface area contributed by atoms with E-state index >= 15 is 0 Å². The number of ether oxygens (including phenoxy) is 4. The highest BCUT2D eigenvalue weighted by Gasteiger charge is 2.34. The van der Waals surface area contributed by atoms with Gasteiger partial charge < -0.3 is 40.2 Å². The Labute approximate surface area is 369 Å². The summed E-state index contributed by atoms with van der Waals surface area (Å²) in [5.41, 5.74) is 17.8. The van der Waals surface area contributed by atoms with Gasteiger partial charge in [0.2, 0.25) is 11.9 Å². The van der Waals surface area contributed by atoms with Crippen LogP contribution in [-0.4, -0.2) is 114 Å². The second-order valence-corrected chi connectivity index (χ2v) is 17.3. The maximum atomic E-state index is 12.5. The van der Waals surface area contributed by atoms with Gasteiger partial charge in [0.1, 0.15) is 22.9 Å². The van der Waals surface area contributed by atoms with Gasteiger partial charge in [-0.3, -0.25) is 8.80 Å². The molecule has 0 bridgehead atoms. The molecule has 18 heteroatoms. The van der Waals surface area contributed by atoms with Gasteiger partial charge in [-0.1, -0.05) is 30.3 Å². The van der Waals surface area contributed by atoms with Crippen molar-refractivity contribution >= 4 is 52.6 Å². The number of carbonyl (C=O) groups excluding carboxylic acids is 4. The monoisotopic (exact) mass is 872 g/mol. The molecule has 2 aliphatic heterocycles. The molecule has 1 atom stereocenters. The van der Waals surface area contributed by atoms with E-state index in [1.165, 1.54) is 14.2 Å². The van der Waals surface area contributed by atoms with Crippen molar-refractivity contribution in [2.75, 3.05) is 51.9 Å². The summed E-state index contributed by atoms with van der Waals surface area (Å²) >= 11 is 0. The van der Waals surface area contributed by atoms with E-state index in [0.29, 0.717) is 54.9 Å². The molecule has 2 amide bonds. The molecule has 6 heterocycles. The molecular weight excluding hydrogens is 821 g/mol. The minimum absolute atomic E-state index is 0.0439. The molecule has 1 unspecified atom stereocenters. The first-order chi connectivity index (χ1) is 30.3. The SMILES string of the molecule is COC(=O)c1ccc(-c2nc(C3=CCN(C(=O)OC(C)(C)C)C3)c3ccnc(N)n23)cc1.COC(=O)c1ccc(-c2nc(C3CCN(C(=O)OC(C)(C)C)C3)c3ccnc(N)n23)cc1. The molecule has 2 aromatic carbocycles. The Morgan fingerprint density at radius 1 is 0.656 bits per heavy atom. The minimum atomic E-state index is -0.565. The summed E-state index contributed by atoms with van der Waals surface area (Å²) in [5, 5.41) is 0. The third-order valence-corrected chi connectivity index (χ3v) is 10.4. The molecule has 4 aromatic heterocycles. The number of nitrogen functional groups attached to an aromatic ring is 2. The van der Waals surface area contributed by atoms with Gasteiger partial charge in [-0.15, -0.1) is 0 Å². The first-order valence-corrected chi connectivity index (χ1v) is 20.6. The minimum Gasteiger partial charge on any atom is -0.465 e. The number of likely N-dealkylation sites (tertiary alicyclic amines) is 1. The maximum absolute atomic E-state index is 12.5. The largest absolute Gasteiger partial charge is 0.465 e. The molecule has 18 nitrogen and oxygen atoms in total. The highest BCUT2D eigenvalue weighted by Crippen LogP contribution is 2.35. The van der Waals surface area contributed by atoms with Gasteiger partial charge in [0.25, 0.3) is 0 Å². The number of benzene rings is 2. The van der Waals surface area contributed by atoms with E-state index in [2.05, 4.69) is 9.97 Å². The van der Waals surface area contributed by atoms with E-state index in [1.54, 1.807) is 79.5 Å². The van der Waals surface area contributed by atoms with Gasteiger partial charge >= 0.3 is 24.1 Å². The average Bonchev–Trinajstić information content (AvgIpc) is 4.08. The number of nitrogens with two attached hydrogens (primary N) is 2. The van der Waals surface area contributed by atoms with Crippen LogP contribution in [0.4, 0.5) is 21.5 Å². The number of nitrogens with zero attached hydrogens (tertiary/aromatic N) is 8. The number of aromatic nitrogens is 6. The molecule has 2 aliphatic rings. The molecule has 4 N–H and O–H groups in total. The lowest BCUT2D eigenvalue weighted by Crippen LogP contribution is -2.35. The van der Waals surface area contributed by atoms with Crippen LogP contribution < -0.4 is 11.5 Å². The van der Waals surface area contributed by atoms with E-state index < -0.39 is 23.1 Å². The normalized spacial score (nSPS) is 15.1. The van der Waals surface area contributed by atoms with E-state index in [1.807, 2.05) is 59.8 Å². The number of anilines is 2. The second kappa shape index (κ2) is 17.7. The van der Waals surface area contributed by atoms with Crippen molar-refractivity contribution in [3.63, 3.8) is 0 Å². The average molecular weight is 873 g/mol. The van der Waals surface area contributed by atoms with Crippen LogP contribution in [0.5, 0.6) is 0 Å². The fraction of sp³-hybridized carbons (Fsp3) is 0.348. The van der Waals surface area contributed by atoms with E-state index in [4.69, 9.17) is 40.4 Å². The zero-order valence-corrected chi connectivity index (χ0v) is 37.1. The molecule has 1 saturated heterocycles. The smallest absolute Gasteiger partial charge is 0.410 e. The van der Waals surface area contributed by atoms with E-state index in [-0.39, 0.29) is 24.1 Å². The van der Waals surface area contributed by atoms with Crippen LogP contribution >= 0.6 is 0 Å². The van der Waals surface area contributed by atoms with Gasteiger partial charge in [-0.25, -0.2) is 39.1 Å². The predicted octanol–water partition coefficient (Wildman–Crippen LogP) is 6.89. The predicted molar refractivity (Wildman–Crippen MR) is 239 cm³/mol. The Kier molecular flexibility index (Phi) is 12.3. The van der Waals surface area contributed by atoms with Crippen molar-refractivity contribution in [3.8, 4) is 22.8 Å². The van der Waals surface area contributed by atoms with Crippen molar-refractivity contribution in [1.29, 1.82) is 0 Å². The van der Waals surface area contributed by atoms with Crippen LogP contribution in [0.15, 0.2) is 79.1 Å². The Bertz CT molecular complexity index is 2740. The second-order valence-electron chi connectivity index (χ2n) is 17.3. The number of imidazole rings is 2. The molecule has 0 spiro atoms. The van der Waals surface area contributed by atoms with Crippen LogP contribution in [0.25, 0.3) is 39.4 Å². The molecule has 0 radical (unpaired) electrons. The van der Waals surface area contributed by atoms with Crippen molar-refractivity contribution in [3.05, 3.63) is 102 Å². The molecule has 8 rings (SSSR count). The molecule has 64 heavy (non-hydrogen) atoms. The summed E-state index contributed by atoms with van der Waals surface area (Å²) in [6.07, 6.45) is 5.33. The Morgan fingerprint density at radius 3 is 1.66 bits per heavy atom. The van der Waals surface area contributed by atoms with E-state index in [9.17, 15) is 19.2 Å². The molecule has 0 saturated carbocycles. The highest BCUT2D eigenvalue weighted by atomic mass is 16.6. The fourth-order valence-corrected chi connectivity index (χ4v) is 7.48. The lowest BCUT2D eigenvalue weighted by molar-refractivity contribution is 0.0286. The standard InChI is InChI=1S/C23H27N5O4.C23H25N5O4/c2*1-23(2,3)32-22(30)27-12-10-16(13-27)18-17-9-11-25-21(24)28(17)19(26-18)14-5-7-15(8-6-14)20(29)31-4/h5-9,11,16H,10,12-13H2,1-4H3,(H2,24,25);5-11H,12-13H2,1-4H3,(H2,24,25). The zero-order valence-electron chi connectivity index (χ0n) is 37.1. The number of rotatable bonds is 6. The van der Waals surface area contributed by atoms with Crippen molar-refractivity contribution < 1.29 is 38.1 Å². The molecule has 6 aromatic rings. The summed E-state index contributed by atoms with van der Waals surface area (Å²) in [6.45, 7) is 13.0. The first kappa shape index (κ1) is 44.6. The van der Waals surface area contributed by atoms with Gasteiger partial charge in [-0.2, -0.15) is 0 Å². The highest BCUT2D eigenvalue weighted by molar-refractivity contribution is 5.91. The summed E-state index contributed by atoms with van der Waals surface area (Å²) in [4.78, 5) is 70.0. The quantitative estimate of drug-likeness (QED) is 0.129. The molecule has 1 fully saturated rings. The Hall–Kier alpha value is -7.50. The molecule has 334 valence electrons. The van der Waals surface area contributed by atoms with E-state index in [0.717, 1.165) is 45.5 Å². The molecular formula is C46H52N10O8. The number of esters is 2. The summed E-state index contributed by atoms with van der Waals surface area (Å²) in [7, 11) is 2.69. The van der Waals surface area contributed by atoms with Crippen molar-refractivity contribution in [2.24, 2.45) is 0 Å². The number of hydrogen-bond acceptors (Lipinski definition) is 14. The third kappa shape index (κ3) is 9.45. The van der Waals surface area contributed by atoms with Crippen LogP contribution in [0.2, 0.25) is 0 Å². The van der Waals surface area contributed by atoms with Crippen molar-refractivity contribution in [2.45, 2.75) is 65.1 Å². The number of methoxy groups -OCH3 is 2. The van der Waals surface area contributed by atoms with Crippen LogP contribution in [0.1, 0.15) is 86.0 Å². The Balaban J connectivity index is 0.000000191. The topological polar surface area (TPSA) is 224 Å². The summed E-state index contributed by atoms with van der Waals surface area (Å²) in [5.74, 6) is 1.05. The van der Waals surface area contributed by atoms with Gasteiger partial charge in [0.15, 0.2) is 0 Å². The Morgan fingerprint density at radius 2 is 1.14 bits per heavy atom. The van der Waals surface area contributed by atoms with Gasteiger partial charge in [-0.05, 0) is 89.9 Å². The summed E-state index contributed by atoms with van der Waals surface area (Å²) in [6, 6.07) is 17.6. The zero-order chi connectivity index (χ0) is 46.1. The van der Waals surface area contributed by atoms with Crippen LogP contribution in [0.3, 0.4) is 0 Å². The lowest BCUT2D eigenvalue weighted by atomic mass is 10.0. The maximum Gasteiger partial charge on any atom is 0.410 e. The van der Waals surface area contributed by atoms with Crippen LogP contribution in [0, 0.1) is 0 Å². The number of carbonyl (C=O) groups is 4. The summed E-state index contributed by atoms with van der Waals surface area (Å²) < 4.78 is 24.1. The fourth-order valence-electron chi connectivity index (χ4n) is 7.48. The number of hydrogen-bond donors (Lipinski definition) is 2. The third-order valence-electron chi connectivity index (χ3n) is 10.4. The van der Waals surface area contributed by atoms with Crippen LogP contribution in [-0.2, 0) is 18.9 Å². The lowest BCUT2D eigenvalue weighted by Gasteiger charge is -2.24. The number of amides is 2. The van der Waals surface area contributed by atoms with Gasteiger partial charge in [0, 0.05) is 49.1 Å². The van der Waals surface area contributed by atoms with Crippen molar-refractivity contribution in [1.82, 2.24) is 38.5 Å². The first-order valence-electron chi connectivity index (χ1n) is 20.6. The molecule has 0 aliphatic carbocycles. The van der Waals surface area contributed by atoms with Gasteiger partial charge in [0.05, 0.1) is 54.3 Å². The number of fused-ring (bicyclic) bond motifs is 2.